The van der Waals surface area contributed by atoms with Crippen LogP contribution in [0.2, 0.25) is 0 Å². The first-order valence-electron chi connectivity index (χ1n) is 7.06. The summed E-state index contributed by atoms with van der Waals surface area (Å²) >= 11 is 0. The summed E-state index contributed by atoms with van der Waals surface area (Å²) in [7, 11) is 0. The summed E-state index contributed by atoms with van der Waals surface area (Å²) in [4.78, 5) is 15.7. The molecule has 0 aliphatic carbocycles. The van der Waals surface area contributed by atoms with Crippen molar-refractivity contribution in [3.63, 3.8) is 0 Å². The minimum absolute atomic E-state index is 0.0401. The lowest BCUT2D eigenvalue weighted by atomic mass is 9.91. The Kier molecular flexibility index (Phi) is 4.16. The van der Waals surface area contributed by atoms with Crippen molar-refractivity contribution in [3.05, 3.63) is 52.7 Å². The second-order valence-electron chi connectivity index (χ2n) is 6.33. The van der Waals surface area contributed by atoms with Gasteiger partial charge in [0.25, 0.3) is 0 Å². The van der Waals surface area contributed by atoms with Gasteiger partial charge in [-0.2, -0.15) is 0 Å². The van der Waals surface area contributed by atoms with E-state index in [1.807, 2.05) is 26.8 Å². The fourth-order valence-corrected chi connectivity index (χ4v) is 2.24. The molecule has 0 radical (unpaired) electrons. The Labute approximate surface area is 124 Å². The number of oxazole rings is 1. The molecule has 0 bridgehead atoms. The Bertz CT molecular complexity index is 650. The van der Waals surface area contributed by atoms with E-state index < -0.39 is 5.97 Å². The largest absolute Gasteiger partial charge is 0.475 e. The molecule has 2 rings (SSSR count). The van der Waals surface area contributed by atoms with Gasteiger partial charge in [-0.1, -0.05) is 50.6 Å². The van der Waals surface area contributed by atoms with E-state index in [1.54, 1.807) is 0 Å². The molecule has 112 valence electrons. The molecule has 0 aliphatic heterocycles. The highest BCUT2D eigenvalue weighted by molar-refractivity contribution is 5.86. The van der Waals surface area contributed by atoms with Gasteiger partial charge in [-0.3, -0.25) is 0 Å². The molecule has 1 N–H and O–H groups in total. The van der Waals surface area contributed by atoms with E-state index in [0.29, 0.717) is 18.0 Å². The molecule has 1 heterocycles. The molecule has 1 aromatic carbocycles. The average Bonchev–Trinajstić information content (AvgIpc) is 2.81. The van der Waals surface area contributed by atoms with E-state index in [4.69, 9.17) is 4.42 Å². The van der Waals surface area contributed by atoms with Crippen LogP contribution in [0.1, 0.15) is 54.0 Å². The Morgan fingerprint density at radius 1 is 1.29 bits per heavy atom. The molecule has 0 fully saturated rings. The Morgan fingerprint density at radius 3 is 2.52 bits per heavy atom. The highest BCUT2D eigenvalue weighted by Crippen LogP contribution is 2.26. The van der Waals surface area contributed by atoms with Crippen molar-refractivity contribution in [2.75, 3.05) is 0 Å². The second kappa shape index (κ2) is 5.72. The number of aromatic nitrogens is 1. The molecule has 2 aromatic rings. The maximum Gasteiger partial charge on any atom is 0.373 e. The van der Waals surface area contributed by atoms with Crippen molar-refractivity contribution in [1.82, 2.24) is 4.98 Å². The van der Waals surface area contributed by atoms with Crippen molar-refractivity contribution in [3.8, 4) is 0 Å². The summed E-state index contributed by atoms with van der Waals surface area (Å²) in [5, 5.41) is 9.23. The van der Waals surface area contributed by atoms with Crippen molar-refractivity contribution in [2.45, 2.75) is 46.0 Å². The Balaban J connectivity index is 2.20. The van der Waals surface area contributed by atoms with E-state index in [1.165, 1.54) is 11.1 Å². The minimum Gasteiger partial charge on any atom is -0.475 e. The summed E-state index contributed by atoms with van der Waals surface area (Å²) in [5.74, 6) is -0.616. The van der Waals surface area contributed by atoms with Crippen LogP contribution in [0.3, 0.4) is 0 Å². The van der Waals surface area contributed by atoms with Crippen molar-refractivity contribution in [2.24, 2.45) is 0 Å². The van der Waals surface area contributed by atoms with Crippen LogP contribution < -0.4 is 0 Å². The van der Waals surface area contributed by atoms with Crippen LogP contribution in [0.4, 0.5) is 0 Å². The van der Waals surface area contributed by atoms with Gasteiger partial charge in [0.2, 0.25) is 5.76 Å². The zero-order chi connectivity index (χ0) is 15.6. The quantitative estimate of drug-likeness (QED) is 0.929. The third-order valence-electron chi connectivity index (χ3n) is 3.29. The predicted molar refractivity (Wildman–Crippen MR) is 80.7 cm³/mol. The van der Waals surface area contributed by atoms with E-state index in [2.05, 4.69) is 30.1 Å². The van der Waals surface area contributed by atoms with Gasteiger partial charge in [-0.15, -0.1) is 0 Å². The molecule has 4 nitrogen and oxygen atoms in total. The van der Waals surface area contributed by atoms with Crippen LogP contribution in [0, 0.1) is 6.92 Å². The molecule has 21 heavy (non-hydrogen) atoms. The zero-order valence-electron chi connectivity index (χ0n) is 12.9. The topological polar surface area (TPSA) is 63.3 Å². The SMILES string of the molecule is Cc1cccc(CCc2nc(C(C)(C)C)c(C(=O)O)o2)c1. The summed E-state index contributed by atoms with van der Waals surface area (Å²) in [6.45, 7) is 7.85. The molecule has 0 aliphatic rings. The molecule has 4 heteroatoms. The van der Waals surface area contributed by atoms with E-state index in [-0.39, 0.29) is 11.2 Å². The monoisotopic (exact) mass is 287 g/mol. The number of carboxylic acids is 1. The molecule has 0 amide bonds. The van der Waals surface area contributed by atoms with Crippen molar-refractivity contribution in [1.29, 1.82) is 0 Å². The van der Waals surface area contributed by atoms with Crippen LogP contribution >= 0.6 is 0 Å². The van der Waals surface area contributed by atoms with Crippen LogP contribution in [0.15, 0.2) is 28.7 Å². The van der Waals surface area contributed by atoms with Gasteiger partial charge in [-0.25, -0.2) is 9.78 Å². The molecule has 0 saturated carbocycles. The lowest BCUT2D eigenvalue weighted by molar-refractivity contribution is 0.0656. The van der Waals surface area contributed by atoms with Crippen LogP contribution in [-0.2, 0) is 18.3 Å². The number of rotatable bonds is 4. The maximum atomic E-state index is 11.3. The summed E-state index contributed by atoms with van der Waals surface area (Å²) in [6.07, 6.45) is 1.38. The number of aromatic carboxylic acids is 1. The van der Waals surface area contributed by atoms with Gasteiger partial charge < -0.3 is 9.52 Å². The normalized spacial score (nSPS) is 11.6. The first kappa shape index (κ1) is 15.3. The molecule has 0 saturated heterocycles. The van der Waals surface area contributed by atoms with Crippen LogP contribution in [0.5, 0.6) is 0 Å². The maximum absolute atomic E-state index is 11.3. The van der Waals surface area contributed by atoms with Gasteiger partial charge in [0.05, 0.1) is 5.69 Å². The van der Waals surface area contributed by atoms with E-state index >= 15 is 0 Å². The van der Waals surface area contributed by atoms with E-state index in [0.717, 1.165) is 6.42 Å². The zero-order valence-corrected chi connectivity index (χ0v) is 12.9. The van der Waals surface area contributed by atoms with Crippen LogP contribution in [0.25, 0.3) is 0 Å². The lowest BCUT2D eigenvalue weighted by Crippen LogP contribution is -2.16. The predicted octanol–water partition coefficient (Wildman–Crippen LogP) is 3.76. The van der Waals surface area contributed by atoms with Crippen LogP contribution in [-0.4, -0.2) is 16.1 Å². The molecule has 1 aromatic heterocycles. The first-order chi connectivity index (χ1) is 9.77. The highest BCUT2D eigenvalue weighted by Gasteiger charge is 2.28. The number of carbonyl (C=O) groups is 1. The number of nitrogens with zero attached hydrogens (tertiary/aromatic N) is 1. The summed E-state index contributed by atoms with van der Waals surface area (Å²) < 4.78 is 5.44. The number of benzene rings is 1. The molecule has 0 atom stereocenters. The molecule has 0 spiro atoms. The molecular formula is C17H21NO3. The molecular weight excluding hydrogens is 266 g/mol. The Morgan fingerprint density at radius 2 is 2.00 bits per heavy atom. The summed E-state index contributed by atoms with van der Waals surface area (Å²) in [5.41, 5.74) is 2.57. The summed E-state index contributed by atoms with van der Waals surface area (Å²) in [6, 6.07) is 8.24. The third kappa shape index (κ3) is 3.72. The highest BCUT2D eigenvalue weighted by atomic mass is 16.4. The fourth-order valence-electron chi connectivity index (χ4n) is 2.24. The minimum atomic E-state index is -1.06. The van der Waals surface area contributed by atoms with E-state index in [9.17, 15) is 9.90 Å². The van der Waals surface area contributed by atoms with Gasteiger partial charge in [0.15, 0.2) is 5.89 Å². The van der Waals surface area contributed by atoms with Crippen molar-refractivity contribution < 1.29 is 14.3 Å². The van der Waals surface area contributed by atoms with Gasteiger partial charge in [-0.05, 0) is 18.9 Å². The number of hydrogen-bond donors (Lipinski definition) is 1. The smallest absolute Gasteiger partial charge is 0.373 e. The van der Waals surface area contributed by atoms with Gasteiger partial charge in [0.1, 0.15) is 0 Å². The molecule has 0 unspecified atom stereocenters. The number of hydrogen-bond acceptors (Lipinski definition) is 3. The second-order valence-corrected chi connectivity index (χ2v) is 6.33. The first-order valence-corrected chi connectivity index (χ1v) is 7.06. The van der Waals surface area contributed by atoms with Gasteiger partial charge in [0, 0.05) is 11.8 Å². The Hall–Kier alpha value is -2.10. The van der Waals surface area contributed by atoms with Gasteiger partial charge >= 0.3 is 5.97 Å². The fraction of sp³-hybridized carbons (Fsp3) is 0.412. The number of carboxylic acid groups (broad SMARTS) is 1. The standard InChI is InChI=1S/C17H21NO3/c1-11-6-5-7-12(10-11)8-9-13-18-15(17(2,3)4)14(21-13)16(19)20/h5-7,10H,8-9H2,1-4H3,(H,19,20). The average molecular weight is 287 g/mol. The van der Waals surface area contributed by atoms with Crippen molar-refractivity contribution >= 4 is 5.97 Å². The lowest BCUT2D eigenvalue weighted by Gasteiger charge is -2.14. The third-order valence-corrected chi connectivity index (χ3v) is 3.29. The number of aryl methyl sites for hydroxylation is 3.